The zero-order valence-corrected chi connectivity index (χ0v) is 10.6. The van der Waals surface area contributed by atoms with Gasteiger partial charge in [-0.05, 0) is 25.9 Å². The standard InChI is InChI=1S/C13H16F2N2O2/c1-19-12-10(14)6-9(7-11(12)15)17-13(18)8-2-4-16-5-3-8/h6-8,16H,2-5H2,1H3,(H,17,18). The highest BCUT2D eigenvalue weighted by Crippen LogP contribution is 2.26. The molecule has 0 atom stereocenters. The van der Waals surface area contributed by atoms with Crippen LogP contribution in [0.25, 0.3) is 0 Å². The number of carbonyl (C=O) groups excluding carboxylic acids is 1. The molecule has 0 spiro atoms. The fraction of sp³-hybridized carbons (Fsp3) is 0.462. The van der Waals surface area contributed by atoms with Crippen LogP contribution in [0.1, 0.15) is 12.8 Å². The zero-order chi connectivity index (χ0) is 13.8. The summed E-state index contributed by atoms with van der Waals surface area (Å²) in [6, 6.07) is 2.11. The van der Waals surface area contributed by atoms with E-state index in [0.717, 1.165) is 38.1 Å². The van der Waals surface area contributed by atoms with Gasteiger partial charge in [-0.25, -0.2) is 8.78 Å². The number of carbonyl (C=O) groups is 1. The molecule has 6 heteroatoms. The lowest BCUT2D eigenvalue weighted by Gasteiger charge is -2.21. The van der Waals surface area contributed by atoms with E-state index in [1.807, 2.05) is 0 Å². The second-order valence-electron chi connectivity index (χ2n) is 4.49. The Morgan fingerprint density at radius 1 is 1.32 bits per heavy atom. The number of halogens is 2. The second kappa shape index (κ2) is 5.97. The number of ether oxygens (including phenoxy) is 1. The summed E-state index contributed by atoms with van der Waals surface area (Å²) in [4.78, 5) is 11.9. The summed E-state index contributed by atoms with van der Waals surface area (Å²) in [5.41, 5.74) is 0.110. The van der Waals surface area contributed by atoms with Gasteiger partial charge in [0.15, 0.2) is 17.4 Å². The molecule has 4 nitrogen and oxygen atoms in total. The van der Waals surface area contributed by atoms with Crippen molar-refractivity contribution in [1.29, 1.82) is 0 Å². The summed E-state index contributed by atoms with van der Waals surface area (Å²) in [5, 5.41) is 5.69. The average molecular weight is 270 g/mol. The maximum atomic E-state index is 13.5. The third-order valence-corrected chi connectivity index (χ3v) is 3.18. The van der Waals surface area contributed by atoms with Crippen LogP contribution in [0.5, 0.6) is 5.75 Å². The summed E-state index contributed by atoms with van der Waals surface area (Å²) in [5.74, 6) is -2.42. The van der Waals surface area contributed by atoms with Gasteiger partial charge in [0.2, 0.25) is 5.91 Å². The summed E-state index contributed by atoms with van der Waals surface area (Å²) in [6.07, 6.45) is 1.46. The molecule has 0 aromatic heterocycles. The maximum Gasteiger partial charge on any atom is 0.227 e. The third-order valence-electron chi connectivity index (χ3n) is 3.18. The lowest BCUT2D eigenvalue weighted by Crippen LogP contribution is -2.34. The monoisotopic (exact) mass is 270 g/mol. The van der Waals surface area contributed by atoms with Crippen LogP contribution in [0.2, 0.25) is 0 Å². The Balaban J connectivity index is 2.08. The molecule has 1 aromatic rings. The molecule has 1 fully saturated rings. The molecular weight excluding hydrogens is 254 g/mol. The van der Waals surface area contributed by atoms with Crippen LogP contribution in [0.15, 0.2) is 12.1 Å². The van der Waals surface area contributed by atoms with Crippen LogP contribution >= 0.6 is 0 Å². The van der Waals surface area contributed by atoms with E-state index in [9.17, 15) is 13.6 Å². The van der Waals surface area contributed by atoms with Crippen molar-refractivity contribution in [1.82, 2.24) is 5.32 Å². The average Bonchev–Trinajstić information content (AvgIpc) is 2.39. The largest absolute Gasteiger partial charge is 0.491 e. The van der Waals surface area contributed by atoms with Gasteiger partial charge in [-0.15, -0.1) is 0 Å². The van der Waals surface area contributed by atoms with Crippen molar-refractivity contribution >= 4 is 11.6 Å². The number of nitrogens with one attached hydrogen (secondary N) is 2. The van der Waals surface area contributed by atoms with E-state index in [4.69, 9.17) is 0 Å². The molecule has 1 amide bonds. The molecule has 2 N–H and O–H groups in total. The van der Waals surface area contributed by atoms with Gasteiger partial charge in [-0.1, -0.05) is 0 Å². The van der Waals surface area contributed by atoms with E-state index in [-0.39, 0.29) is 17.5 Å². The molecular formula is C13H16F2N2O2. The number of rotatable bonds is 3. The molecule has 1 saturated heterocycles. The van der Waals surface area contributed by atoms with E-state index in [2.05, 4.69) is 15.4 Å². The summed E-state index contributed by atoms with van der Waals surface area (Å²) >= 11 is 0. The minimum absolute atomic E-state index is 0.110. The SMILES string of the molecule is COc1c(F)cc(NC(=O)C2CCNCC2)cc1F. The third kappa shape index (κ3) is 3.20. The van der Waals surface area contributed by atoms with E-state index >= 15 is 0 Å². The van der Waals surface area contributed by atoms with Crippen molar-refractivity contribution in [3.05, 3.63) is 23.8 Å². The van der Waals surface area contributed by atoms with Crippen molar-refractivity contribution < 1.29 is 18.3 Å². The first-order valence-electron chi connectivity index (χ1n) is 6.16. The predicted octanol–water partition coefficient (Wildman–Crippen LogP) is 1.91. The molecule has 19 heavy (non-hydrogen) atoms. The van der Waals surface area contributed by atoms with Crippen molar-refractivity contribution in [3.63, 3.8) is 0 Å². The predicted molar refractivity (Wildman–Crippen MR) is 67.1 cm³/mol. The molecule has 1 heterocycles. The van der Waals surface area contributed by atoms with Crippen molar-refractivity contribution in [2.75, 3.05) is 25.5 Å². The van der Waals surface area contributed by atoms with Crippen molar-refractivity contribution in [2.45, 2.75) is 12.8 Å². The smallest absolute Gasteiger partial charge is 0.227 e. The number of benzene rings is 1. The Labute approximate surface area is 110 Å². The molecule has 0 radical (unpaired) electrons. The Morgan fingerprint density at radius 2 is 1.89 bits per heavy atom. The minimum atomic E-state index is -0.830. The van der Waals surface area contributed by atoms with E-state index in [1.165, 1.54) is 7.11 Å². The summed E-state index contributed by atoms with van der Waals surface area (Å²) < 4.78 is 31.5. The molecule has 0 saturated carbocycles. The van der Waals surface area contributed by atoms with Crippen LogP contribution in [0.4, 0.5) is 14.5 Å². The number of piperidine rings is 1. The van der Waals surface area contributed by atoms with Gasteiger partial charge < -0.3 is 15.4 Å². The van der Waals surface area contributed by atoms with Crippen molar-refractivity contribution in [2.24, 2.45) is 5.92 Å². The number of hydrogen-bond acceptors (Lipinski definition) is 3. The first-order valence-corrected chi connectivity index (χ1v) is 6.16. The summed E-state index contributed by atoms with van der Waals surface area (Å²) in [6.45, 7) is 1.56. The van der Waals surface area contributed by atoms with Gasteiger partial charge in [0.1, 0.15) is 0 Å². The maximum absolute atomic E-state index is 13.5. The molecule has 0 aliphatic carbocycles. The van der Waals surface area contributed by atoms with E-state index < -0.39 is 17.4 Å². The van der Waals surface area contributed by atoms with Gasteiger partial charge >= 0.3 is 0 Å². The van der Waals surface area contributed by atoms with Gasteiger partial charge in [-0.3, -0.25) is 4.79 Å². The summed E-state index contributed by atoms with van der Waals surface area (Å²) in [7, 11) is 1.19. The highest BCUT2D eigenvalue weighted by atomic mass is 19.1. The fourth-order valence-corrected chi connectivity index (χ4v) is 2.16. The first-order chi connectivity index (χ1) is 9.11. The van der Waals surface area contributed by atoms with Crippen LogP contribution < -0.4 is 15.4 Å². The molecule has 1 aliphatic rings. The lowest BCUT2D eigenvalue weighted by molar-refractivity contribution is -0.120. The van der Waals surface area contributed by atoms with Gasteiger partial charge in [0.25, 0.3) is 0 Å². The van der Waals surface area contributed by atoms with E-state index in [0.29, 0.717) is 0 Å². The van der Waals surface area contributed by atoms with Gasteiger partial charge in [0, 0.05) is 23.7 Å². The van der Waals surface area contributed by atoms with Crippen LogP contribution in [0, 0.1) is 17.6 Å². The fourth-order valence-electron chi connectivity index (χ4n) is 2.16. The lowest BCUT2D eigenvalue weighted by atomic mass is 9.97. The van der Waals surface area contributed by atoms with Gasteiger partial charge in [-0.2, -0.15) is 0 Å². The number of anilines is 1. The highest BCUT2D eigenvalue weighted by molar-refractivity contribution is 5.92. The Hall–Kier alpha value is -1.69. The first kappa shape index (κ1) is 13.7. The van der Waals surface area contributed by atoms with Gasteiger partial charge in [0.05, 0.1) is 7.11 Å². The number of amides is 1. The second-order valence-corrected chi connectivity index (χ2v) is 4.49. The number of hydrogen-bond donors (Lipinski definition) is 2. The van der Waals surface area contributed by atoms with E-state index in [1.54, 1.807) is 0 Å². The van der Waals surface area contributed by atoms with Crippen LogP contribution in [-0.2, 0) is 4.79 Å². The molecule has 2 rings (SSSR count). The Kier molecular flexibility index (Phi) is 4.31. The molecule has 104 valence electrons. The molecule has 1 aromatic carbocycles. The normalized spacial score (nSPS) is 16.2. The minimum Gasteiger partial charge on any atom is -0.491 e. The van der Waals surface area contributed by atoms with Crippen LogP contribution in [-0.4, -0.2) is 26.1 Å². The van der Waals surface area contributed by atoms with Crippen molar-refractivity contribution in [3.8, 4) is 5.75 Å². The molecule has 0 bridgehead atoms. The topological polar surface area (TPSA) is 50.4 Å². The number of methoxy groups -OCH3 is 1. The molecule has 1 aliphatic heterocycles. The quantitative estimate of drug-likeness (QED) is 0.882. The Bertz CT molecular complexity index is 451. The zero-order valence-electron chi connectivity index (χ0n) is 10.6. The Morgan fingerprint density at radius 3 is 2.42 bits per heavy atom. The highest BCUT2D eigenvalue weighted by Gasteiger charge is 2.21. The van der Waals surface area contributed by atoms with Crippen LogP contribution in [0.3, 0.4) is 0 Å². The molecule has 0 unspecified atom stereocenters.